The molecule has 0 radical (unpaired) electrons. The predicted octanol–water partition coefficient (Wildman–Crippen LogP) is 3.46. The molecule has 0 saturated heterocycles. The number of nitrogens with zero attached hydrogens (tertiary/aromatic N) is 2. The van der Waals surface area contributed by atoms with Gasteiger partial charge in [0.05, 0.1) is 16.2 Å². The normalized spacial score (nSPS) is 19.5. The Bertz CT molecular complexity index is 880. The van der Waals surface area contributed by atoms with Crippen LogP contribution in [0.5, 0.6) is 0 Å². The first-order valence-electron chi connectivity index (χ1n) is 7.80. The van der Waals surface area contributed by atoms with E-state index < -0.39 is 4.92 Å². The highest BCUT2D eigenvalue weighted by molar-refractivity contribution is 6.00. The van der Waals surface area contributed by atoms with Gasteiger partial charge in [0.15, 0.2) is 5.78 Å². The lowest BCUT2D eigenvalue weighted by atomic mass is 9.76. The number of nitrogens with one attached hydrogen (secondary N) is 1. The number of aromatic nitrogens is 1. The van der Waals surface area contributed by atoms with Crippen molar-refractivity contribution < 1.29 is 14.2 Å². The number of carbonyl (C=O) groups excluding carboxylic acids is 1. The van der Waals surface area contributed by atoms with Crippen LogP contribution in [0.4, 0.5) is 11.6 Å². The maximum Gasteiger partial charge on any atom is 0.269 e. The van der Waals surface area contributed by atoms with E-state index in [-0.39, 0.29) is 17.4 Å². The molecule has 0 spiro atoms. The minimum Gasteiger partial charge on any atom is -0.338 e. The predicted molar refractivity (Wildman–Crippen MR) is 85.7 cm³/mol. The van der Waals surface area contributed by atoms with E-state index in [2.05, 4.69) is 10.5 Å². The Morgan fingerprint density at radius 1 is 1.29 bits per heavy atom. The Morgan fingerprint density at radius 3 is 2.75 bits per heavy atom. The molecule has 7 heteroatoms. The van der Waals surface area contributed by atoms with Gasteiger partial charge in [-0.05, 0) is 25.3 Å². The number of allylic oxidation sites excluding steroid dienone is 2. The Hall–Kier alpha value is -2.96. The van der Waals surface area contributed by atoms with Crippen LogP contribution in [-0.4, -0.2) is 15.9 Å². The third-order valence-electron chi connectivity index (χ3n) is 4.64. The molecule has 122 valence electrons. The number of fused-ring (bicyclic) bond motifs is 1. The first-order valence-corrected chi connectivity index (χ1v) is 7.80. The highest BCUT2D eigenvalue weighted by Gasteiger charge is 2.38. The van der Waals surface area contributed by atoms with Crippen molar-refractivity contribution in [3.63, 3.8) is 0 Å². The molecule has 1 aromatic heterocycles. The van der Waals surface area contributed by atoms with Crippen LogP contribution in [0.1, 0.15) is 42.0 Å². The quantitative estimate of drug-likeness (QED) is 0.670. The number of rotatable bonds is 2. The van der Waals surface area contributed by atoms with E-state index in [0.29, 0.717) is 18.0 Å². The number of hydrogen-bond acceptors (Lipinski definition) is 6. The number of hydrogen-bond donors (Lipinski definition) is 1. The number of nitro benzene ring substituents is 1. The van der Waals surface area contributed by atoms with E-state index in [1.807, 2.05) is 6.92 Å². The van der Waals surface area contributed by atoms with Gasteiger partial charge in [0.1, 0.15) is 0 Å². The summed E-state index contributed by atoms with van der Waals surface area (Å²) in [4.78, 5) is 23.0. The van der Waals surface area contributed by atoms with Crippen molar-refractivity contribution in [2.45, 2.75) is 32.1 Å². The van der Waals surface area contributed by atoms with Crippen molar-refractivity contribution in [3.8, 4) is 0 Å². The van der Waals surface area contributed by atoms with Gasteiger partial charge in [-0.3, -0.25) is 14.9 Å². The monoisotopic (exact) mass is 325 g/mol. The van der Waals surface area contributed by atoms with Crippen molar-refractivity contribution in [1.29, 1.82) is 0 Å². The first kappa shape index (κ1) is 14.6. The van der Waals surface area contributed by atoms with Crippen LogP contribution >= 0.6 is 0 Å². The first-order chi connectivity index (χ1) is 11.6. The molecule has 2 heterocycles. The average Bonchev–Trinajstić information content (AvgIpc) is 2.94. The van der Waals surface area contributed by atoms with Gasteiger partial charge in [0.25, 0.3) is 5.69 Å². The Balaban J connectivity index is 1.89. The molecule has 2 aliphatic rings. The van der Waals surface area contributed by atoms with Crippen LogP contribution in [0.3, 0.4) is 0 Å². The van der Waals surface area contributed by atoms with Gasteiger partial charge >= 0.3 is 0 Å². The van der Waals surface area contributed by atoms with Crippen molar-refractivity contribution in [2.24, 2.45) is 0 Å². The Kier molecular flexibility index (Phi) is 3.23. The third kappa shape index (κ3) is 2.12. The fourth-order valence-electron chi connectivity index (χ4n) is 3.54. The van der Waals surface area contributed by atoms with Gasteiger partial charge in [-0.1, -0.05) is 17.3 Å². The highest BCUT2D eigenvalue weighted by Crippen LogP contribution is 2.46. The van der Waals surface area contributed by atoms with E-state index >= 15 is 0 Å². The second-order valence-electron chi connectivity index (χ2n) is 6.09. The zero-order valence-corrected chi connectivity index (χ0v) is 13.0. The highest BCUT2D eigenvalue weighted by atomic mass is 16.6. The number of carbonyl (C=O) groups is 1. The lowest BCUT2D eigenvalue weighted by Crippen LogP contribution is -2.26. The molecule has 1 N–H and O–H groups in total. The van der Waals surface area contributed by atoms with Crippen molar-refractivity contribution in [2.75, 3.05) is 5.32 Å². The maximum absolute atomic E-state index is 12.6. The summed E-state index contributed by atoms with van der Waals surface area (Å²) in [5, 5.41) is 18.1. The number of aryl methyl sites for hydroxylation is 1. The third-order valence-corrected chi connectivity index (χ3v) is 4.64. The number of anilines is 1. The van der Waals surface area contributed by atoms with E-state index in [0.717, 1.165) is 35.2 Å². The molecule has 4 rings (SSSR count). The molecule has 0 bridgehead atoms. The molecule has 0 amide bonds. The number of Topliss-reactive ketones (excluding diaryl/α,β-unsaturated/α-hetero) is 1. The molecule has 1 aliphatic carbocycles. The summed E-state index contributed by atoms with van der Waals surface area (Å²) in [6.07, 6.45) is 2.10. The van der Waals surface area contributed by atoms with Crippen LogP contribution in [0.2, 0.25) is 0 Å². The second kappa shape index (κ2) is 5.30. The van der Waals surface area contributed by atoms with Crippen LogP contribution in [0.15, 0.2) is 40.1 Å². The number of nitro groups is 1. The summed E-state index contributed by atoms with van der Waals surface area (Å²) in [5.41, 5.74) is 4.01. The molecular weight excluding hydrogens is 310 g/mol. The number of benzene rings is 1. The number of non-ortho nitro benzene ring substituents is 1. The minimum atomic E-state index is -0.432. The molecule has 0 saturated carbocycles. The minimum absolute atomic E-state index is 0.0270. The summed E-state index contributed by atoms with van der Waals surface area (Å²) >= 11 is 0. The second-order valence-corrected chi connectivity index (χ2v) is 6.09. The molecular formula is C17H15N3O4. The van der Waals surface area contributed by atoms with E-state index in [4.69, 9.17) is 4.52 Å². The summed E-state index contributed by atoms with van der Waals surface area (Å²) in [6, 6.07) is 6.34. The van der Waals surface area contributed by atoms with Crippen molar-refractivity contribution in [1.82, 2.24) is 5.16 Å². The Labute approximate surface area is 137 Å². The largest absolute Gasteiger partial charge is 0.338 e. The summed E-state index contributed by atoms with van der Waals surface area (Å²) < 4.78 is 5.37. The lowest BCUT2D eigenvalue weighted by molar-refractivity contribution is -0.384. The fraction of sp³-hybridized carbons (Fsp3) is 0.294. The van der Waals surface area contributed by atoms with Crippen LogP contribution in [0, 0.1) is 17.0 Å². The summed E-state index contributed by atoms with van der Waals surface area (Å²) in [7, 11) is 0. The fourth-order valence-corrected chi connectivity index (χ4v) is 3.54. The van der Waals surface area contributed by atoms with Gasteiger partial charge in [-0.25, -0.2) is 0 Å². The summed E-state index contributed by atoms with van der Waals surface area (Å²) in [6.45, 7) is 1.83. The van der Waals surface area contributed by atoms with Gasteiger partial charge in [0.2, 0.25) is 5.88 Å². The lowest BCUT2D eigenvalue weighted by Gasteiger charge is -2.31. The zero-order valence-electron chi connectivity index (χ0n) is 13.0. The molecule has 7 nitrogen and oxygen atoms in total. The molecule has 1 atom stereocenters. The van der Waals surface area contributed by atoms with E-state index in [1.54, 1.807) is 12.1 Å². The SMILES string of the molecule is Cc1noc2c1[C@@H](c1ccc([N+](=O)[O-])cc1)C1=C(CCCC1=O)N2. The van der Waals surface area contributed by atoms with Gasteiger partial charge in [0, 0.05) is 35.7 Å². The van der Waals surface area contributed by atoms with Gasteiger partial charge in [-0.15, -0.1) is 0 Å². The van der Waals surface area contributed by atoms with E-state index in [9.17, 15) is 14.9 Å². The zero-order chi connectivity index (χ0) is 16.8. The molecule has 1 aromatic carbocycles. The van der Waals surface area contributed by atoms with Crippen molar-refractivity contribution in [3.05, 3.63) is 62.5 Å². The topological polar surface area (TPSA) is 98.3 Å². The molecule has 1 aliphatic heterocycles. The molecule has 2 aromatic rings. The Morgan fingerprint density at radius 2 is 2.04 bits per heavy atom. The summed E-state index contributed by atoms with van der Waals surface area (Å²) in [5.74, 6) is 0.374. The molecule has 0 unspecified atom stereocenters. The van der Waals surface area contributed by atoms with Crippen LogP contribution in [-0.2, 0) is 4.79 Å². The van der Waals surface area contributed by atoms with Crippen molar-refractivity contribution >= 4 is 17.4 Å². The standard InChI is InChI=1S/C17H15N3O4/c1-9-14-15(10-5-7-11(8-6-10)20(22)23)16-12(3-2-4-13(16)21)18-17(14)24-19-9/h5-8,15,18H,2-4H2,1H3/t15-/m1/s1. The number of ketones is 1. The average molecular weight is 325 g/mol. The van der Waals surface area contributed by atoms with E-state index in [1.165, 1.54) is 12.1 Å². The molecule has 0 fully saturated rings. The van der Waals surface area contributed by atoms with Gasteiger partial charge in [-0.2, -0.15) is 0 Å². The van der Waals surface area contributed by atoms with Crippen LogP contribution in [0.25, 0.3) is 0 Å². The molecule has 24 heavy (non-hydrogen) atoms. The van der Waals surface area contributed by atoms with Crippen LogP contribution < -0.4 is 5.32 Å². The smallest absolute Gasteiger partial charge is 0.269 e. The maximum atomic E-state index is 12.6. The van der Waals surface area contributed by atoms with Gasteiger partial charge < -0.3 is 9.84 Å².